The molecule has 0 aliphatic rings. The highest BCUT2D eigenvalue weighted by Crippen LogP contribution is 2.56. The van der Waals surface area contributed by atoms with E-state index in [1.807, 2.05) is 17.9 Å². The van der Waals surface area contributed by atoms with Gasteiger partial charge in [0.15, 0.2) is 7.29 Å². The molecule has 7 heteroatoms. The van der Waals surface area contributed by atoms with Crippen LogP contribution in [0, 0.1) is 10.1 Å². The van der Waals surface area contributed by atoms with Crippen LogP contribution in [0.1, 0.15) is 34.1 Å². The predicted octanol–water partition coefficient (Wildman–Crippen LogP) is 5.17. The molecule has 0 bridgehead atoms. The van der Waals surface area contributed by atoms with Crippen molar-refractivity contribution < 1.29 is 9.49 Å². The molecule has 0 N–H and O–H groups in total. The summed E-state index contributed by atoms with van der Waals surface area (Å²) in [4.78, 5) is 10.3. The second kappa shape index (κ2) is 7.85. The van der Waals surface area contributed by atoms with Gasteiger partial charge in [-0.1, -0.05) is 27.7 Å². The van der Waals surface area contributed by atoms with E-state index in [4.69, 9.17) is 0 Å². The third kappa shape index (κ3) is 4.48. The minimum Gasteiger partial charge on any atom is -0.299 e. The largest absolute Gasteiger partial charge is 0.299 e. The van der Waals surface area contributed by atoms with Gasteiger partial charge in [-0.15, -0.1) is 0 Å². The zero-order valence-corrected chi connectivity index (χ0v) is 14.7. The Morgan fingerprint density at radius 2 is 1.76 bits per heavy atom. The van der Waals surface area contributed by atoms with E-state index in [-0.39, 0.29) is 5.69 Å². The smallest absolute Gasteiger partial charge is 0.269 e. The number of benzene rings is 1. The Morgan fingerprint density at radius 3 is 2.14 bits per heavy atom. The van der Waals surface area contributed by atoms with Crippen molar-refractivity contribution in [3.8, 4) is 0 Å². The third-order valence-corrected chi connectivity index (χ3v) is 8.60. The lowest BCUT2D eigenvalue weighted by Crippen LogP contribution is -2.17. The van der Waals surface area contributed by atoms with Gasteiger partial charge in [0, 0.05) is 29.7 Å². The zero-order chi connectivity index (χ0) is 16.0. The normalized spacial score (nSPS) is 13.0. The van der Waals surface area contributed by atoms with Crippen LogP contribution in [0.2, 0.25) is 0 Å². The summed E-state index contributed by atoms with van der Waals surface area (Å²) >= 11 is 1.57. The molecule has 5 nitrogen and oxygen atoms in total. The summed E-state index contributed by atoms with van der Waals surface area (Å²) in [5, 5.41) is 11.1. The summed E-state index contributed by atoms with van der Waals surface area (Å²) in [7, 11) is -2.49. The molecule has 0 fully saturated rings. The fourth-order valence-electron chi connectivity index (χ4n) is 1.78. The SMILES string of the molecule is CCC(C)SN(c1ccc([N+](=O)[O-])cc1)P(=O)(CC)CC. The van der Waals surface area contributed by atoms with Gasteiger partial charge in [0.2, 0.25) is 0 Å². The second-order valence-electron chi connectivity index (χ2n) is 4.85. The van der Waals surface area contributed by atoms with E-state index in [2.05, 4.69) is 13.8 Å². The van der Waals surface area contributed by atoms with Crippen molar-refractivity contribution in [1.29, 1.82) is 0 Å². The summed E-state index contributed by atoms with van der Waals surface area (Å²) < 4.78 is 15.0. The maximum Gasteiger partial charge on any atom is 0.269 e. The molecular formula is C14H23N2O3PS. The van der Waals surface area contributed by atoms with E-state index in [1.165, 1.54) is 12.1 Å². The first-order valence-electron chi connectivity index (χ1n) is 7.17. The average molecular weight is 330 g/mol. The fourth-order valence-corrected chi connectivity index (χ4v) is 5.90. The van der Waals surface area contributed by atoms with E-state index in [1.54, 1.807) is 24.1 Å². The number of non-ortho nitro benzene ring substituents is 1. The van der Waals surface area contributed by atoms with E-state index in [9.17, 15) is 14.7 Å². The van der Waals surface area contributed by atoms with Crippen molar-refractivity contribution >= 4 is 30.6 Å². The first-order chi connectivity index (χ1) is 9.87. The van der Waals surface area contributed by atoms with Gasteiger partial charge in [0.25, 0.3) is 5.69 Å². The Labute approximate surface area is 130 Å². The number of rotatable bonds is 8. The van der Waals surface area contributed by atoms with Gasteiger partial charge in [-0.05, 0) is 30.5 Å². The Morgan fingerprint density at radius 1 is 1.24 bits per heavy atom. The highest BCUT2D eigenvalue weighted by molar-refractivity contribution is 8.08. The fraction of sp³-hybridized carbons (Fsp3) is 0.571. The molecule has 1 atom stereocenters. The number of hydrogen-bond acceptors (Lipinski definition) is 4. The van der Waals surface area contributed by atoms with Crippen molar-refractivity contribution in [3.05, 3.63) is 34.4 Å². The van der Waals surface area contributed by atoms with Gasteiger partial charge in [0.1, 0.15) is 0 Å². The van der Waals surface area contributed by atoms with Crippen LogP contribution < -0.4 is 4.08 Å². The molecule has 0 spiro atoms. The summed E-state index contributed by atoms with van der Waals surface area (Å²) in [6.45, 7) is 8.05. The van der Waals surface area contributed by atoms with E-state index in [0.29, 0.717) is 17.6 Å². The zero-order valence-electron chi connectivity index (χ0n) is 13.0. The molecule has 0 saturated carbocycles. The van der Waals surface area contributed by atoms with Gasteiger partial charge in [-0.3, -0.25) is 18.8 Å². The number of anilines is 1. The molecule has 0 amide bonds. The predicted molar refractivity (Wildman–Crippen MR) is 91.6 cm³/mol. The molecule has 21 heavy (non-hydrogen) atoms. The standard InChI is InChI=1S/C14H23N2O3PS/c1-5-12(4)21-16(20(19,6-2)7-3)14-10-8-13(9-11-14)15(17)18/h8-12H,5-7H2,1-4H3. The van der Waals surface area contributed by atoms with Crippen molar-refractivity contribution in [2.75, 3.05) is 16.4 Å². The van der Waals surface area contributed by atoms with Crippen LogP contribution in [0.4, 0.5) is 11.4 Å². The summed E-state index contributed by atoms with van der Waals surface area (Å²) in [5.74, 6) is 0. The van der Waals surface area contributed by atoms with Crippen molar-refractivity contribution in [1.82, 2.24) is 0 Å². The molecule has 0 saturated heterocycles. The number of hydrogen-bond donors (Lipinski definition) is 0. The molecule has 0 radical (unpaired) electrons. The lowest BCUT2D eigenvalue weighted by atomic mass is 10.3. The molecule has 1 aromatic rings. The van der Waals surface area contributed by atoms with E-state index < -0.39 is 12.2 Å². The number of nitrogens with zero attached hydrogens (tertiary/aromatic N) is 2. The second-order valence-corrected chi connectivity index (χ2v) is 9.86. The van der Waals surface area contributed by atoms with Gasteiger partial charge < -0.3 is 0 Å². The molecule has 1 aromatic carbocycles. The van der Waals surface area contributed by atoms with E-state index >= 15 is 0 Å². The molecule has 1 unspecified atom stereocenters. The Kier molecular flexibility index (Phi) is 6.75. The maximum absolute atomic E-state index is 13.1. The molecule has 0 aromatic heterocycles. The van der Waals surface area contributed by atoms with Crippen LogP contribution in [0.3, 0.4) is 0 Å². The minimum atomic E-state index is -2.49. The van der Waals surface area contributed by atoms with Crippen LogP contribution in [0.15, 0.2) is 24.3 Å². The molecule has 1 rings (SSSR count). The molecule has 0 aliphatic heterocycles. The molecule has 118 valence electrons. The summed E-state index contributed by atoms with van der Waals surface area (Å²) in [5.41, 5.74) is 0.827. The number of nitro groups is 1. The molecule has 0 aliphatic carbocycles. The van der Waals surface area contributed by atoms with Crippen LogP contribution >= 0.6 is 19.2 Å². The monoisotopic (exact) mass is 330 g/mol. The van der Waals surface area contributed by atoms with Gasteiger partial charge >= 0.3 is 0 Å². The first kappa shape index (κ1) is 18.1. The Hall–Kier alpha value is -1.00. The first-order valence-corrected chi connectivity index (χ1v) is 10.0. The van der Waals surface area contributed by atoms with Crippen molar-refractivity contribution in [2.45, 2.75) is 39.4 Å². The lowest BCUT2D eigenvalue weighted by molar-refractivity contribution is -0.384. The van der Waals surface area contributed by atoms with Gasteiger partial charge in [0.05, 0.1) is 10.6 Å². The van der Waals surface area contributed by atoms with Crippen LogP contribution in [-0.2, 0) is 4.57 Å². The van der Waals surface area contributed by atoms with E-state index in [0.717, 1.165) is 12.1 Å². The third-order valence-electron chi connectivity index (χ3n) is 3.46. The Balaban J connectivity index is 3.17. The topological polar surface area (TPSA) is 63.4 Å². The summed E-state index contributed by atoms with van der Waals surface area (Å²) in [6.07, 6.45) is 2.15. The highest BCUT2D eigenvalue weighted by Gasteiger charge is 2.29. The lowest BCUT2D eigenvalue weighted by Gasteiger charge is -2.33. The van der Waals surface area contributed by atoms with Crippen LogP contribution in [-0.4, -0.2) is 22.5 Å². The molecule has 0 heterocycles. The van der Waals surface area contributed by atoms with Gasteiger partial charge in [-0.2, -0.15) is 0 Å². The van der Waals surface area contributed by atoms with Gasteiger partial charge in [-0.25, -0.2) is 0 Å². The average Bonchev–Trinajstić information content (AvgIpc) is 2.51. The quantitative estimate of drug-likeness (QED) is 0.285. The Bertz CT molecular complexity index is 513. The van der Waals surface area contributed by atoms with Crippen molar-refractivity contribution in [3.63, 3.8) is 0 Å². The van der Waals surface area contributed by atoms with Crippen LogP contribution in [0.5, 0.6) is 0 Å². The highest BCUT2D eigenvalue weighted by atomic mass is 32.2. The number of nitro benzene ring substituents is 1. The maximum atomic E-state index is 13.1. The summed E-state index contributed by atoms with van der Waals surface area (Å²) in [6, 6.07) is 6.31. The molecular weight excluding hydrogens is 307 g/mol. The minimum absolute atomic E-state index is 0.0510. The van der Waals surface area contributed by atoms with Crippen LogP contribution in [0.25, 0.3) is 0 Å². The van der Waals surface area contributed by atoms with Crippen molar-refractivity contribution in [2.24, 2.45) is 0 Å².